The molecule has 0 unspecified atom stereocenters. The first-order valence-electron chi connectivity index (χ1n) is 9.25. The highest BCUT2D eigenvalue weighted by Crippen LogP contribution is 2.33. The van der Waals surface area contributed by atoms with Crippen molar-refractivity contribution in [2.75, 3.05) is 18.4 Å². The molecule has 2 saturated heterocycles. The average molecular weight is 345 g/mol. The van der Waals surface area contributed by atoms with Gasteiger partial charge in [-0.25, -0.2) is 0 Å². The number of hydrogen-bond acceptors (Lipinski definition) is 4. The van der Waals surface area contributed by atoms with Gasteiger partial charge >= 0.3 is 0 Å². The zero-order valence-electron chi connectivity index (χ0n) is 15.1. The molecule has 2 fully saturated rings. The van der Waals surface area contributed by atoms with Crippen molar-refractivity contribution in [2.24, 2.45) is 5.92 Å². The van der Waals surface area contributed by atoms with Gasteiger partial charge in [-0.1, -0.05) is 6.42 Å². The van der Waals surface area contributed by atoms with Gasteiger partial charge in [-0.15, -0.1) is 0 Å². The molecule has 0 aliphatic carbocycles. The summed E-state index contributed by atoms with van der Waals surface area (Å²) in [4.78, 5) is 25.7. The van der Waals surface area contributed by atoms with Crippen LogP contribution < -0.4 is 5.32 Å². The molecule has 25 heavy (non-hydrogen) atoms. The normalized spacial score (nSPS) is 23.8. The third kappa shape index (κ3) is 4.00. The first-order chi connectivity index (χ1) is 12.0. The third-order valence-electron chi connectivity index (χ3n) is 5.67. The van der Waals surface area contributed by atoms with E-state index in [4.69, 9.17) is 0 Å². The van der Waals surface area contributed by atoms with Gasteiger partial charge in [-0.05, 0) is 69.7 Å². The van der Waals surface area contributed by atoms with E-state index in [2.05, 4.69) is 10.2 Å². The van der Waals surface area contributed by atoms with Crippen LogP contribution in [0.4, 0.5) is 11.4 Å². The fourth-order valence-electron chi connectivity index (χ4n) is 4.49. The van der Waals surface area contributed by atoms with Crippen LogP contribution in [-0.4, -0.2) is 34.9 Å². The molecule has 0 bridgehead atoms. The number of anilines is 1. The number of carbonyl (C=O) groups excluding carboxylic acids is 1. The summed E-state index contributed by atoms with van der Waals surface area (Å²) in [5.74, 6) is 0.449. The molecule has 0 radical (unpaired) electrons. The van der Waals surface area contributed by atoms with Crippen LogP contribution in [0.5, 0.6) is 0 Å². The Morgan fingerprint density at radius 1 is 1.20 bits per heavy atom. The Kier molecular flexibility index (Phi) is 5.37. The van der Waals surface area contributed by atoms with Crippen molar-refractivity contribution in [2.45, 2.75) is 58.4 Å². The van der Waals surface area contributed by atoms with Gasteiger partial charge in [0.05, 0.1) is 4.92 Å². The van der Waals surface area contributed by atoms with Crippen molar-refractivity contribution in [1.29, 1.82) is 0 Å². The summed E-state index contributed by atoms with van der Waals surface area (Å²) < 4.78 is 0. The zero-order valence-corrected chi connectivity index (χ0v) is 15.1. The maximum absolute atomic E-state index is 12.6. The van der Waals surface area contributed by atoms with E-state index in [1.165, 1.54) is 50.9 Å². The zero-order chi connectivity index (χ0) is 18.0. The molecule has 2 aliphatic heterocycles. The number of nitro groups is 1. The molecular formula is C19H27N3O3. The minimum atomic E-state index is -0.398. The number of nitro benzene ring substituents is 1. The predicted octanol–water partition coefficient (Wildman–Crippen LogP) is 3.80. The van der Waals surface area contributed by atoms with Crippen LogP contribution in [0, 0.1) is 29.9 Å². The lowest BCUT2D eigenvalue weighted by Gasteiger charge is -2.44. The number of benzene rings is 1. The minimum Gasteiger partial charge on any atom is -0.326 e. The molecule has 1 N–H and O–H groups in total. The fraction of sp³-hybridized carbons (Fsp3) is 0.632. The number of nitrogens with zero attached hydrogens (tertiary/aromatic N) is 2. The monoisotopic (exact) mass is 345 g/mol. The summed E-state index contributed by atoms with van der Waals surface area (Å²) in [5.41, 5.74) is 2.26. The van der Waals surface area contributed by atoms with E-state index < -0.39 is 4.92 Å². The molecule has 1 aromatic rings. The molecule has 6 nitrogen and oxygen atoms in total. The van der Waals surface area contributed by atoms with E-state index in [0.717, 1.165) is 17.5 Å². The van der Waals surface area contributed by atoms with Crippen molar-refractivity contribution in [3.05, 3.63) is 33.4 Å². The average Bonchev–Trinajstić information content (AvgIpc) is 2.58. The van der Waals surface area contributed by atoms with Gasteiger partial charge < -0.3 is 10.2 Å². The van der Waals surface area contributed by atoms with Crippen LogP contribution in [0.1, 0.15) is 49.7 Å². The molecule has 2 heterocycles. The Morgan fingerprint density at radius 2 is 1.88 bits per heavy atom. The Morgan fingerprint density at radius 3 is 2.56 bits per heavy atom. The van der Waals surface area contributed by atoms with Crippen LogP contribution in [0.25, 0.3) is 0 Å². The van der Waals surface area contributed by atoms with Crippen LogP contribution in [-0.2, 0) is 4.79 Å². The van der Waals surface area contributed by atoms with Gasteiger partial charge in [-0.2, -0.15) is 0 Å². The molecule has 0 saturated carbocycles. The Balaban J connectivity index is 1.67. The number of nitrogens with one attached hydrogen (secondary N) is 1. The highest BCUT2D eigenvalue weighted by Gasteiger charge is 2.34. The van der Waals surface area contributed by atoms with Crippen LogP contribution >= 0.6 is 0 Å². The lowest BCUT2D eigenvalue weighted by Crippen LogP contribution is -2.48. The maximum Gasteiger partial charge on any atom is 0.270 e. The van der Waals surface area contributed by atoms with Crippen molar-refractivity contribution in [3.8, 4) is 0 Å². The van der Waals surface area contributed by atoms with Gasteiger partial charge in [0, 0.05) is 30.3 Å². The topological polar surface area (TPSA) is 75.5 Å². The van der Waals surface area contributed by atoms with Crippen molar-refractivity contribution in [1.82, 2.24) is 4.90 Å². The van der Waals surface area contributed by atoms with Crippen LogP contribution in [0.3, 0.4) is 0 Å². The molecule has 1 aromatic carbocycles. The van der Waals surface area contributed by atoms with E-state index in [0.29, 0.717) is 24.1 Å². The first kappa shape index (κ1) is 17.9. The highest BCUT2D eigenvalue weighted by molar-refractivity contribution is 5.92. The van der Waals surface area contributed by atoms with E-state index in [1.807, 2.05) is 0 Å². The lowest BCUT2D eigenvalue weighted by atomic mass is 9.81. The number of fused-ring (bicyclic) bond motifs is 1. The largest absolute Gasteiger partial charge is 0.326 e. The number of hydrogen-bond donors (Lipinski definition) is 1. The van der Waals surface area contributed by atoms with Gasteiger partial charge in [0.1, 0.15) is 0 Å². The molecule has 1 amide bonds. The molecule has 2 aliphatic rings. The third-order valence-corrected chi connectivity index (χ3v) is 5.67. The molecular weight excluding hydrogens is 318 g/mol. The number of carbonyl (C=O) groups is 1. The summed E-state index contributed by atoms with van der Waals surface area (Å²) in [6.07, 6.45) is 6.57. The van der Waals surface area contributed by atoms with Crippen LogP contribution in [0.15, 0.2) is 12.1 Å². The predicted molar refractivity (Wildman–Crippen MR) is 97.8 cm³/mol. The minimum absolute atomic E-state index is 0.0254. The number of aryl methyl sites for hydroxylation is 2. The summed E-state index contributed by atoms with van der Waals surface area (Å²) in [5, 5.41) is 14.0. The molecule has 6 heteroatoms. The second-order valence-corrected chi connectivity index (χ2v) is 7.47. The molecule has 0 aromatic heterocycles. The summed E-state index contributed by atoms with van der Waals surface area (Å²) >= 11 is 0. The number of amides is 1. The Hall–Kier alpha value is -1.95. The number of rotatable bonds is 4. The Labute approximate surface area is 148 Å². The van der Waals surface area contributed by atoms with Gasteiger partial charge in [0.25, 0.3) is 5.69 Å². The number of non-ortho nitro benzene ring substituents is 1. The van der Waals surface area contributed by atoms with Crippen molar-refractivity contribution in [3.63, 3.8) is 0 Å². The number of piperidine rings is 2. The Bertz CT molecular complexity index is 649. The van der Waals surface area contributed by atoms with Gasteiger partial charge in [-0.3, -0.25) is 14.9 Å². The van der Waals surface area contributed by atoms with E-state index in [9.17, 15) is 14.9 Å². The fourth-order valence-corrected chi connectivity index (χ4v) is 4.49. The SMILES string of the molecule is Cc1cc([N+](=O)[O-])cc(C)c1NC(=O)C[C@@H]1CCCN2CCCC[C@H]12. The van der Waals surface area contributed by atoms with Crippen molar-refractivity contribution >= 4 is 17.3 Å². The van der Waals surface area contributed by atoms with Gasteiger partial charge in [0.15, 0.2) is 0 Å². The van der Waals surface area contributed by atoms with Gasteiger partial charge in [0.2, 0.25) is 5.91 Å². The summed E-state index contributed by atoms with van der Waals surface area (Å²) in [6, 6.07) is 3.59. The second-order valence-electron chi connectivity index (χ2n) is 7.47. The van der Waals surface area contributed by atoms with Crippen LogP contribution in [0.2, 0.25) is 0 Å². The van der Waals surface area contributed by atoms with E-state index >= 15 is 0 Å². The summed E-state index contributed by atoms with van der Waals surface area (Å²) in [6.45, 7) is 5.95. The quantitative estimate of drug-likeness (QED) is 0.665. The smallest absolute Gasteiger partial charge is 0.270 e. The molecule has 2 atom stereocenters. The van der Waals surface area contributed by atoms with Crippen molar-refractivity contribution < 1.29 is 9.72 Å². The standard InChI is InChI=1S/C19H27N3O3/c1-13-10-16(22(24)25)11-14(2)19(13)20-18(23)12-15-6-5-9-21-8-4-3-7-17(15)21/h10-11,15,17H,3-9,12H2,1-2H3,(H,20,23)/t15-,17+/m0/s1. The molecule has 0 spiro atoms. The summed E-state index contributed by atoms with van der Waals surface area (Å²) in [7, 11) is 0. The molecule has 136 valence electrons. The second kappa shape index (κ2) is 7.52. The van der Waals surface area contributed by atoms with E-state index in [-0.39, 0.29) is 11.6 Å². The lowest BCUT2D eigenvalue weighted by molar-refractivity contribution is -0.384. The van der Waals surface area contributed by atoms with E-state index in [1.54, 1.807) is 13.8 Å². The highest BCUT2D eigenvalue weighted by atomic mass is 16.6. The molecule has 3 rings (SSSR count). The maximum atomic E-state index is 12.6. The first-order valence-corrected chi connectivity index (χ1v) is 9.25.